The molecule has 0 aromatic carbocycles. The van der Waals surface area contributed by atoms with Crippen LogP contribution in [0.15, 0.2) is 5.03 Å². The van der Waals surface area contributed by atoms with Gasteiger partial charge >= 0.3 is 5.97 Å². The number of hydrogen-bond donors (Lipinski definition) is 2. The van der Waals surface area contributed by atoms with Gasteiger partial charge in [-0.2, -0.15) is 0 Å². The van der Waals surface area contributed by atoms with Crippen LogP contribution >= 0.6 is 11.8 Å². The van der Waals surface area contributed by atoms with Crippen LogP contribution in [-0.2, 0) is 9.53 Å². The number of aryl methyl sites for hydroxylation is 2. The highest BCUT2D eigenvalue weighted by Crippen LogP contribution is 2.26. The van der Waals surface area contributed by atoms with E-state index in [0.29, 0.717) is 29.7 Å². The van der Waals surface area contributed by atoms with E-state index in [9.17, 15) is 14.7 Å². The predicted molar refractivity (Wildman–Crippen MR) is 78.7 cm³/mol. The third-order valence-electron chi connectivity index (χ3n) is 2.65. The van der Waals surface area contributed by atoms with E-state index in [2.05, 4.69) is 15.3 Å². The summed E-state index contributed by atoms with van der Waals surface area (Å²) < 4.78 is 4.85. The largest absolute Gasteiger partial charge is 0.478 e. The van der Waals surface area contributed by atoms with E-state index >= 15 is 0 Å². The summed E-state index contributed by atoms with van der Waals surface area (Å²) in [5.41, 5.74) is 0.437. The fourth-order valence-electron chi connectivity index (χ4n) is 1.65. The maximum atomic E-state index is 11.9. The molecule has 0 aliphatic carbocycles. The Morgan fingerprint density at radius 2 is 2.05 bits per heavy atom. The number of nitrogens with zero attached hydrogens (tertiary/aromatic N) is 2. The number of methoxy groups -OCH3 is 1. The van der Waals surface area contributed by atoms with Crippen LogP contribution in [0.4, 0.5) is 0 Å². The number of amides is 1. The summed E-state index contributed by atoms with van der Waals surface area (Å²) in [6, 6.07) is 0. The Morgan fingerprint density at radius 3 is 2.62 bits per heavy atom. The van der Waals surface area contributed by atoms with Crippen molar-refractivity contribution < 1.29 is 19.4 Å². The minimum Gasteiger partial charge on any atom is -0.478 e. The quantitative estimate of drug-likeness (QED) is 0.440. The number of aromatic carboxylic acids is 1. The SMILES string of the molecule is COCCNC(=O)C(C)Sc1nc(C)nc(C)c1C(=O)O. The first-order chi connectivity index (χ1) is 9.86. The van der Waals surface area contributed by atoms with E-state index in [1.807, 2.05) is 0 Å². The molecule has 0 bridgehead atoms. The van der Waals surface area contributed by atoms with Gasteiger partial charge in [-0.05, 0) is 20.8 Å². The van der Waals surface area contributed by atoms with E-state index in [1.165, 1.54) is 0 Å². The predicted octanol–water partition coefficient (Wildman–Crippen LogP) is 1.03. The molecule has 1 atom stereocenters. The Balaban J connectivity index is 2.86. The van der Waals surface area contributed by atoms with E-state index in [-0.39, 0.29) is 11.5 Å². The molecule has 7 nitrogen and oxygen atoms in total. The molecule has 0 radical (unpaired) electrons. The molecule has 0 saturated heterocycles. The molecule has 8 heteroatoms. The Kier molecular flexibility index (Phi) is 6.57. The van der Waals surface area contributed by atoms with E-state index in [0.717, 1.165) is 11.8 Å². The van der Waals surface area contributed by atoms with Gasteiger partial charge in [-0.25, -0.2) is 14.8 Å². The van der Waals surface area contributed by atoms with Gasteiger partial charge in [-0.15, -0.1) is 0 Å². The zero-order valence-electron chi connectivity index (χ0n) is 12.5. The Bertz CT molecular complexity index is 536. The Morgan fingerprint density at radius 1 is 1.38 bits per heavy atom. The van der Waals surface area contributed by atoms with Crippen LogP contribution < -0.4 is 5.32 Å². The molecule has 116 valence electrons. The molecule has 0 saturated carbocycles. The van der Waals surface area contributed by atoms with Gasteiger partial charge in [-0.1, -0.05) is 11.8 Å². The minimum absolute atomic E-state index is 0.0436. The van der Waals surface area contributed by atoms with Crippen molar-refractivity contribution in [3.8, 4) is 0 Å². The highest BCUT2D eigenvalue weighted by molar-refractivity contribution is 8.00. The van der Waals surface area contributed by atoms with Crippen molar-refractivity contribution in [2.75, 3.05) is 20.3 Å². The highest BCUT2D eigenvalue weighted by atomic mass is 32.2. The molecule has 0 aliphatic heterocycles. The van der Waals surface area contributed by atoms with Crippen molar-refractivity contribution in [1.29, 1.82) is 0 Å². The molecule has 0 spiro atoms. The first-order valence-corrected chi connectivity index (χ1v) is 7.26. The van der Waals surface area contributed by atoms with Crippen LogP contribution in [0.2, 0.25) is 0 Å². The number of hydrogen-bond acceptors (Lipinski definition) is 6. The second-order valence-corrected chi connectivity index (χ2v) is 5.71. The standard InChI is InChI=1S/C13H19N3O4S/c1-7-10(13(18)19)12(16-9(3)15-7)21-8(2)11(17)14-5-6-20-4/h8H,5-6H2,1-4H3,(H,14,17)(H,18,19). The lowest BCUT2D eigenvalue weighted by Crippen LogP contribution is -2.33. The number of nitrogens with one attached hydrogen (secondary N) is 1. The summed E-state index contributed by atoms with van der Waals surface area (Å²) in [4.78, 5) is 31.4. The normalized spacial score (nSPS) is 12.0. The second kappa shape index (κ2) is 7.94. The molecule has 1 aromatic rings. The number of aromatic nitrogens is 2. The molecule has 0 fully saturated rings. The number of rotatable bonds is 7. The number of carbonyl (C=O) groups excluding carboxylic acids is 1. The fourth-order valence-corrected chi connectivity index (χ4v) is 2.72. The van der Waals surface area contributed by atoms with Crippen LogP contribution in [0, 0.1) is 13.8 Å². The lowest BCUT2D eigenvalue weighted by molar-refractivity contribution is -0.120. The van der Waals surface area contributed by atoms with Crippen LogP contribution in [0.1, 0.15) is 28.8 Å². The summed E-state index contributed by atoms with van der Waals surface area (Å²) in [6.45, 7) is 5.84. The molecular weight excluding hydrogens is 294 g/mol. The second-order valence-electron chi connectivity index (χ2n) is 4.39. The zero-order valence-corrected chi connectivity index (χ0v) is 13.3. The van der Waals surface area contributed by atoms with Crippen molar-refractivity contribution in [1.82, 2.24) is 15.3 Å². The van der Waals surface area contributed by atoms with Gasteiger partial charge < -0.3 is 15.2 Å². The van der Waals surface area contributed by atoms with E-state index in [4.69, 9.17) is 4.74 Å². The maximum Gasteiger partial charge on any atom is 0.340 e. The monoisotopic (exact) mass is 313 g/mol. The first-order valence-electron chi connectivity index (χ1n) is 6.38. The summed E-state index contributed by atoms with van der Waals surface area (Å²) in [6.07, 6.45) is 0. The number of carbonyl (C=O) groups is 2. The Hall–Kier alpha value is -1.67. The number of carboxylic acid groups (broad SMARTS) is 1. The van der Waals surface area contributed by atoms with Gasteiger partial charge in [0.05, 0.1) is 17.6 Å². The van der Waals surface area contributed by atoms with Crippen LogP contribution in [0.25, 0.3) is 0 Å². The van der Waals surface area contributed by atoms with Crippen LogP contribution in [0.5, 0.6) is 0 Å². The number of carboxylic acids is 1. The molecule has 1 unspecified atom stereocenters. The molecular formula is C13H19N3O4S. The van der Waals surface area contributed by atoms with Gasteiger partial charge in [0.1, 0.15) is 16.4 Å². The Labute approximate surface area is 127 Å². The molecule has 1 aromatic heterocycles. The molecule has 1 heterocycles. The van der Waals surface area contributed by atoms with Gasteiger partial charge in [0.15, 0.2) is 0 Å². The van der Waals surface area contributed by atoms with Crippen molar-refractivity contribution in [2.24, 2.45) is 0 Å². The number of ether oxygens (including phenoxy) is 1. The summed E-state index contributed by atoms with van der Waals surface area (Å²) in [5.74, 6) is -0.809. The third-order valence-corrected chi connectivity index (χ3v) is 3.73. The lowest BCUT2D eigenvalue weighted by atomic mass is 10.2. The van der Waals surface area contributed by atoms with Gasteiger partial charge in [0.25, 0.3) is 0 Å². The smallest absolute Gasteiger partial charge is 0.340 e. The minimum atomic E-state index is -1.10. The topological polar surface area (TPSA) is 101 Å². The van der Waals surface area contributed by atoms with Gasteiger partial charge in [0.2, 0.25) is 5.91 Å². The average molecular weight is 313 g/mol. The van der Waals surface area contributed by atoms with Crippen molar-refractivity contribution in [2.45, 2.75) is 31.0 Å². The molecule has 1 rings (SSSR count). The van der Waals surface area contributed by atoms with Crippen LogP contribution in [0.3, 0.4) is 0 Å². The van der Waals surface area contributed by atoms with Gasteiger partial charge in [-0.3, -0.25) is 4.79 Å². The first kappa shape index (κ1) is 17.4. The average Bonchev–Trinajstić information content (AvgIpc) is 2.37. The molecule has 2 N–H and O–H groups in total. The van der Waals surface area contributed by atoms with Crippen molar-refractivity contribution in [3.63, 3.8) is 0 Å². The fraction of sp³-hybridized carbons (Fsp3) is 0.538. The summed E-state index contributed by atoms with van der Waals surface area (Å²) in [7, 11) is 1.55. The van der Waals surface area contributed by atoms with E-state index < -0.39 is 11.2 Å². The van der Waals surface area contributed by atoms with Crippen molar-refractivity contribution >= 4 is 23.6 Å². The van der Waals surface area contributed by atoms with E-state index in [1.54, 1.807) is 27.9 Å². The van der Waals surface area contributed by atoms with Crippen molar-refractivity contribution in [3.05, 3.63) is 17.1 Å². The van der Waals surface area contributed by atoms with Gasteiger partial charge in [0, 0.05) is 13.7 Å². The molecule has 1 amide bonds. The van der Waals surface area contributed by atoms with Crippen LogP contribution in [-0.4, -0.2) is 52.5 Å². The number of thioether (sulfide) groups is 1. The lowest BCUT2D eigenvalue weighted by Gasteiger charge is -2.13. The summed E-state index contributed by atoms with van der Waals surface area (Å²) in [5, 5.41) is 11.8. The highest BCUT2D eigenvalue weighted by Gasteiger charge is 2.22. The third kappa shape index (κ3) is 4.98. The zero-order chi connectivity index (χ0) is 16.0. The molecule has 21 heavy (non-hydrogen) atoms. The summed E-state index contributed by atoms with van der Waals surface area (Å²) >= 11 is 1.11. The maximum absolute atomic E-state index is 11.9. The molecule has 0 aliphatic rings.